The molecule has 0 saturated carbocycles. The monoisotopic (exact) mass is 524 g/mol. The summed E-state index contributed by atoms with van der Waals surface area (Å²) in [7, 11) is 4.15. The smallest absolute Gasteiger partial charge is 0.364 e. The van der Waals surface area contributed by atoms with Crippen LogP contribution in [0.15, 0.2) is 54.6 Å². The van der Waals surface area contributed by atoms with Crippen molar-refractivity contribution in [3.63, 3.8) is 0 Å². The molecule has 0 saturated heterocycles. The highest BCUT2D eigenvalue weighted by Gasteiger charge is 2.32. The second-order valence-electron chi connectivity index (χ2n) is 11.5. The number of nitrogens with zero attached hydrogens (tertiary/aromatic N) is 1. The zero-order valence-corrected chi connectivity index (χ0v) is 24.9. The Bertz CT molecular complexity index is 896. The van der Waals surface area contributed by atoms with Gasteiger partial charge in [0.2, 0.25) is 0 Å². The molecule has 2 aromatic carbocycles. The minimum atomic E-state index is -0.267. The first-order valence-electron chi connectivity index (χ1n) is 15.1. The molecule has 0 amide bonds. The van der Waals surface area contributed by atoms with E-state index in [0.717, 1.165) is 25.1 Å². The quantitative estimate of drug-likeness (QED) is 0.0989. The molecule has 4 nitrogen and oxygen atoms in total. The third-order valence-electron chi connectivity index (χ3n) is 7.71. The average Bonchev–Trinajstić information content (AvgIpc) is 2.92. The number of hydrogen-bond donors (Lipinski definition) is 0. The van der Waals surface area contributed by atoms with E-state index >= 15 is 0 Å². The van der Waals surface area contributed by atoms with Gasteiger partial charge >= 0.3 is 5.97 Å². The first-order valence-corrected chi connectivity index (χ1v) is 15.1. The van der Waals surface area contributed by atoms with Crippen LogP contribution in [0.4, 0.5) is 0 Å². The maximum Gasteiger partial charge on any atom is 0.364 e. The van der Waals surface area contributed by atoms with E-state index in [4.69, 9.17) is 9.47 Å². The van der Waals surface area contributed by atoms with Gasteiger partial charge in [-0.15, -0.1) is 0 Å². The molecule has 0 aliphatic rings. The molecule has 4 heteroatoms. The molecule has 0 heterocycles. The Morgan fingerprint density at radius 2 is 1.39 bits per heavy atom. The molecule has 0 aliphatic carbocycles. The summed E-state index contributed by atoms with van der Waals surface area (Å²) in [6.07, 6.45) is 15.3. The Morgan fingerprint density at radius 1 is 0.789 bits per heavy atom. The van der Waals surface area contributed by atoms with Crippen molar-refractivity contribution < 1.29 is 18.8 Å². The molecule has 2 rings (SSSR count). The summed E-state index contributed by atoms with van der Waals surface area (Å²) in [6.45, 7) is 7.34. The standard InChI is InChI=1S/C34H54NO3/c1-6-8-9-10-11-12-13-14-15-17-21-30-24-20-25-33(26-30)38-32(7-2)28-37-34(36)29(3)35(4,5)27-31-22-18-16-19-23-31/h16,18-20,22-26,29,32H,6-15,17,21,27-28H2,1-5H3/q+1. The molecule has 0 N–H and O–H groups in total. The number of carbonyl (C=O) groups is 1. The average molecular weight is 525 g/mol. The van der Waals surface area contributed by atoms with Crippen molar-refractivity contribution in [3.8, 4) is 5.75 Å². The van der Waals surface area contributed by atoms with Crippen LogP contribution in [0.1, 0.15) is 103 Å². The van der Waals surface area contributed by atoms with Crippen molar-refractivity contribution in [2.45, 2.75) is 117 Å². The number of benzene rings is 2. The number of esters is 1. The Hall–Kier alpha value is -2.33. The van der Waals surface area contributed by atoms with Crippen LogP contribution in [-0.4, -0.2) is 43.3 Å². The molecule has 0 fully saturated rings. The van der Waals surface area contributed by atoms with E-state index < -0.39 is 0 Å². The summed E-state index contributed by atoms with van der Waals surface area (Å²) in [4.78, 5) is 12.9. The summed E-state index contributed by atoms with van der Waals surface area (Å²) in [5.74, 6) is 0.688. The zero-order chi connectivity index (χ0) is 27.6. The number of hydrogen-bond acceptors (Lipinski definition) is 3. The Morgan fingerprint density at radius 3 is 2.03 bits per heavy atom. The number of rotatable bonds is 20. The van der Waals surface area contributed by atoms with Crippen molar-refractivity contribution in [2.24, 2.45) is 0 Å². The normalized spacial score (nSPS) is 13.2. The van der Waals surface area contributed by atoms with E-state index in [0.29, 0.717) is 4.48 Å². The van der Waals surface area contributed by atoms with Gasteiger partial charge in [-0.05, 0) is 43.9 Å². The Labute approximate surface area is 233 Å². The summed E-state index contributed by atoms with van der Waals surface area (Å²) >= 11 is 0. The van der Waals surface area contributed by atoms with Gasteiger partial charge in [0.25, 0.3) is 0 Å². The third-order valence-corrected chi connectivity index (χ3v) is 7.71. The van der Waals surface area contributed by atoms with Gasteiger partial charge in [-0.3, -0.25) is 0 Å². The molecule has 2 aromatic rings. The van der Waals surface area contributed by atoms with Crippen molar-refractivity contribution in [2.75, 3.05) is 20.7 Å². The molecule has 212 valence electrons. The first kappa shape index (κ1) is 31.9. The van der Waals surface area contributed by atoms with E-state index in [1.165, 1.54) is 75.3 Å². The lowest BCUT2D eigenvalue weighted by Gasteiger charge is -2.34. The van der Waals surface area contributed by atoms with Gasteiger partial charge in [0, 0.05) is 5.56 Å². The molecule has 0 aliphatic heterocycles. The number of likely N-dealkylation sites (N-methyl/N-ethyl adjacent to an activating group) is 1. The van der Waals surface area contributed by atoms with Crippen LogP contribution in [-0.2, 0) is 22.5 Å². The predicted octanol–water partition coefficient (Wildman–Crippen LogP) is 8.52. The minimum Gasteiger partial charge on any atom is -0.487 e. The number of carbonyl (C=O) groups excluding carboxylic acids is 1. The lowest BCUT2D eigenvalue weighted by atomic mass is 10.0. The summed E-state index contributed by atoms with van der Waals surface area (Å²) in [6, 6.07) is 18.4. The first-order chi connectivity index (χ1) is 18.4. The van der Waals surface area contributed by atoms with Gasteiger partial charge in [-0.1, -0.05) is 114 Å². The highest BCUT2D eigenvalue weighted by atomic mass is 16.6. The summed E-state index contributed by atoms with van der Waals surface area (Å²) < 4.78 is 12.5. The van der Waals surface area contributed by atoms with Crippen molar-refractivity contribution >= 4 is 5.97 Å². The van der Waals surface area contributed by atoms with E-state index in [1.54, 1.807) is 0 Å². The highest BCUT2D eigenvalue weighted by Crippen LogP contribution is 2.20. The van der Waals surface area contributed by atoms with Crippen molar-refractivity contribution in [1.82, 2.24) is 0 Å². The highest BCUT2D eigenvalue weighted by molar-refractivity contribution is 5.74. The predicted molar refractivity (Wildman–Crippen MR) is 159 cm³/mol. The zero-order valence-electron chi connectivity index (χ0n) is 24.9. The van der Waals surface area contributed by atoms with Gasteiger partial charge < -0.3 is 14.0 Å². The van der Waals surface area contributed by atoms with Crippen LogP contribution in [0.5, 0.6) is 5.75 Å². The molecule has 0 radical (unpaired) electrons. The number of aryl methyl sites for hydroxylation is 1. The Kier molecular flexibility index (Phi) is 15.1. The van der Waals surface area contributed by atoms with Gasteiger partial charge in [0.05, 0.1) is 14.1 Å². The summed E-state index contributed by atoms with van der Waals surface area (Å²) in [5, 5.41) is 0. The molecule has 2 unspecified atom stereocenters. The van der Waals surface area contributed by atoms with Crippen molar-refractivity contribution in [3.05, 3.63) is 65.7 Å². The molecule has 0 aromatic heterocycles. The Balaban J connectivity index is 1.71. The number of unbranched alkanes of at least 4 members (excludes halogenated alkanes) is 9. The van der Waals surface area contributed by atoms with E-state index in [9.17, 15) is 4.79 Å². The van der Waals surface area contributed by atoms with E-state index in [-0.39, 0.29) is 24.7 Å². The van der Waals surface area contributed by atoms with Crippen LogP contribution < -0.4 is 4.74 Å². The van der Waals surface area contributed by atoms with Crippen LogP contribution in [0.3, 0.4) is 0 Å². The van der Waals surface area contributed by atoms with Crippen LogP contribution >= 0.6 is 0 Å². The van der Waals surface area contributed by atoms with Crippen LogP contribution in [0.25, 0.3) is 0 Å². The molecule has 38 heavy (non-hydrogen) atoms. The second-order valence-corrected chi connectivity index (χ2v) is 11.5. The minimum absolute atomic E-state index is 0.150. The van der Waals surface area contributed by atoms with Gasteiger partial charge in [0.15, 0.2) is 6.04 Å². The fourth-order valence-electron chi connectivity index (χ4n) is 4.79. The maximum absolute atomic E-state index is 12.9. The third kappa shape index (κ3) is 12.5. The van der Waals surface area contributed by atoms with E-state index in [1.807, 2.05) is 31.2 Å². The fraction of sp³-hybridized carbons (Fsp3) is 0.618. The number of quaternary nitrogens is 1. The molecular formula is C34H54NO3+. The topological polar surface area (TPSA) is 35.5 Å². The van der Waals surface area contributed by atoms with Crippen LogP contribution in [0, 0.1) is 0 Å². The van der Waals surface area contributed by atoms with Crippen molar-refractivity contribution in [1.29, 1.82) is 0 Å². The second kappa shape index (κ2) is 18.0. The molecule has 2 atom stereocenters. The lowest BCUT2D eigenvalue weighted by molar-refractivity contribution is -0.917. The SMILES string of the molecule is CCCCCCCCCCCCc1cccc(OC(CC)COC(=O)C(C)[N+](C)(C)Cc2ccccc2)c1. The van der Waals surface area contributed by atoms with Crippen LogP contribution in [0.2, 0.25) is 0 Å². The van der Waals surface area contributed by atoms with Gasteiger partial charge in [-0.25, -0.2) is 4.79 Å². The lowest BCUT2D eigenvalue weighted by Crippen LogP contribution is -2.51. The molecular weight excluding hydrogens is 470 g/mol. The maximum atomic E-state index is 12.9. The van der Waals surface area contributed by atoms with E-state index in [2.05, 4.69) is 58.3 Å². The molecule has 0 bridgehead atoms. The molecule has 0 spiro atoms. The largest absolute Gasteiger partial charge is 0.487 e. The fourth-order valence-corrected chi connectivity index (χ4v) is 4.79. The van der Waals surface area contributed by atoms with Gasteiger partial charge in [-0.2, -0.15) is 0 Å². The van der Waals surface area contributed by atoms with Gasteiger partial charge in [0.1, 0.15) is 25.0 Å². The summed E-state index contributed by atoms with van der Waals surface area (Å²) in [5.41, 5.74) is 2.53. The number of ether oxygens (including phenoxy) is 2.